The number of hydrogen-bond donors (Lipinski definition) is 2. The summed E-state index contributed by atoms with van der Waals surface area (Å²) in [6, 6.07) is 1.44. The number of alkyl halides is 3. The van der Waals surface area contributed by atoms with Crippen molar-refractivity contribution < 1.29 is 32.5 Å². The summed E-state index contributed by atoms with van der Waals surface area (Å²) in [6.45, 7) is 0.489. The molecule has 25 heavy (non-hydrogen) atoms. The number of hydrogen-bond acceptors (Lipinski definition) is 5. The SMILES string of the molecule is O=C(NC(CO)CC1OCCO1)c1cc(C2CC2)nc(C(F)(F)F)c1. The Morgan fingerprint density at radius 2 is 2.00 bits per heavy atom. The van der Waals surface area contributed by atoms with E-state index in [9.17, 15) is 23.1 Å². The standard InChI is InChI=1S/C16H19F3N2O4/c17-16(18,19)13-6-10(5-12(21-13)9-1-2-9)15(23)20-11(8-22)7-14-24-3-4-25-14/h5-6,9,11,14,22H,1-4,7-8H2,(H,20,23). The van der Waals surface area contributed by atoms with E-state index in [0.717, 1.165) is 18.9 Å². The molecule has 1 amide bonds. The molecule has 2 fully saturated rings. The Kier molecular flexibility index (Phi) is 5.26. The summed E-state index contributed by atoms with van der Waals surface area (Å²) in [5.41, 5.74) is -0.913. The lowest BCUT2D eigenvalue weighted by Gasteiger charge is -2.19. The van der Waals surface area contributed by atoms with Gasteiger partial charge < -0.3 is 19.9 Å². The summed E-state index contributed by atoms with van der Waals surface area (Å²) < 4.78 is 49.6. The van der Waals surface area contributed by atoms with E-state index in [1.807, 2.05) is 0 Å². The molecule has 9 heteroatoms. The Bertz CT molecular complexity index is 628. The highest BCUT2D eigenvalue weighted by Gasteiger charge is 2.36. The number of aliphatic hydroxyl groups is 1. The third-order valence-electron chi connectivity index (χ3n) is 4.12. The van der Waals surface area contributed by atoms with Crippen LogP contribution >= 0.6 is 0 Å². The van der Waals surface area contributed by atoms with Gasteiger partial charge >= 0.3 is 6.18 Å². The molecule has 0 spiro atoms. The quantitative estimate of drug-likeness (QED) is 0.809. The van der Waals surface area contributed by atoms with Gasteiger partial charge in [0.05, 0.1) is 25.9 Å². The molecule has 1 aliphatic carbocycles. The van der Waals surface area contributed by atoms with Crippen molar-refractivity contribution in [3.05, 3.63) is 29.1 Å². The van der Waals surface area contributed by atoms with E-state index in [1.165, 1.54) is 6.07 Å². The molecular formula is C16H19F3N2O4. The van der Waals surface area contributed by atoms with Crippen molar-refractivity contribution in [1.82, 2.24) is 10.3 Å². The number of pyridine rings is 1. The van der Waals surface area contributed by atoms with E-state index in [1.54, 1.807) is 0 Å². The van der Waals surface area contributed by atoms with E-state index in [-0.39, 0.29) is 30.2 Å². The second-order valence-corrected chi connectivity index (χ2v) is 6.20. The van der Waals surface area contributed by atoms with Crippen LogP contribution in [0.3, 0.4) is 0 Å². The van der Waals surface area contributed by atoms with Crippen molar-refractivity contribution in [3.8, 4) is 0 Å². The normalized spacial score (nSPS) is 19.8. The smallest absolute Gasteiger partial charge is 0.394 e. The highest BCUT2D eigenvalue weighted by atomic mass is 19.4. The first-order chi connectivity index (χ1) is 11.9. The zero-order valence-corrected chi connectivity index (χ0v) is 13.4. The van der Waals surface area contributed by atoms with Crippen LogP contribution < -0.4 is 5.32 Å². The van der Waals surface area contributed by atoms with Crippen LogP contribution in [0.1, 0.15) is 46.9 Å². The molecule has 138 valence electrons. The van der Waals surface area contributed by atoms with E-state index >= 15 is 0 Å². The van der Waals surface area contributed by atoms with Crippen LogP contribution in [0.25, 0.3) is 0 Å². The minimum absolute atomic E-state index is 0.0252. The molecule has 6 nitrogen and oxygen atoms in total. The van der Waals surface area contributed by atoms with Crippen molar-refractivity contribution in [2.24, 2.45) is 0 Å². The number of ether oxygens (including phenoxy) is 2. The molecule has 3 rings (SSSR count). The molecule has 1 aliphatic heterocycles. The third kappa shape index (κ3) is 4.68. The van der Waals surface area contributed by atoms with Gasteiger partial charge in [0.25, 0.3) is 5.91 Å². The lowest BCUT2D eigenvalue weighted by molar-refractivity contribution is -0.141. The van der Waals surface area contributed by atoms with Gasteiger partial charge in [-0.1, -0.05) is 0 Å². The molecule has 1 atom stereocenters. The lowest BCUT2D eigenvalue weighted by atomic mass is 10.1. The van der Waals surface area contributed by atoms with Crippen molar-refractivity contribution in [2.75, 3.05) is 19.8 Å². The first kappa shape index (κ1) is 18.1. The number of halogens is 3. The zero-order chi connectivity index (χ0) is 18.0. The first-order valence-corrected chi connectivity index (χ1v) is 8.11. The molecule has 2 aliphatic rings. The van der Waals surface area contributed by atoms with Crippen molar-refractivity contribution in [1.29, 1.82) is 0 Å². The molecule has 0 radical (unpaired) electrons. The number of carbonyl (C=O) groups excluding carboxylic acids is 1. The summed E-state index contributed by atoms with van der Waals surface area (Å²) in [5, 5.41) is 11.9. The van der Waals surface area contributed by atoms with Crippen LogP contribution in [0, 0.1) is 0 Å². The summed E-state index contributed by atoms with van der Waals surface area (Å²) in [5.74, 6) is -0.713. The fraction of sp³-hybridized carbons (Fsp3) is 0.625. The highest BCUT2D eigenvalue weighted by molar-refractivity contribution is 5.94. The number of amides is 1. The Labute approximate surface area is 142 Å². The predicted octanol–water partition coefficient (Wildman–Crippen LogP) is 1.83. The Balaban J connectivity index is 1.74. The van der Waals surface area contributed by atoms with E-state index in [2.05, 4.69) is 10.3 Å². The Hall–Kier alpha value is -1.71. The average molecular weight is 360 g/mol. The number of aromatic nitrogens is 1. The van der Waals surface area contributed by atoms with Gasteiger partial charge in [-0.2, -0.15) is 13.2 Å². The van der Waals surface area contributed by atoms with Gasteiger partial charge in [-0.3, -0.25) is 4.79 Å². The Morgan fingerprint density at radius 3 is 2.56 bits per heavy atom. The molecule has 1 unspecified atom stereocenters. The average Bonchev–Trinajstić information content (AvgIpc) is 3.30. The summed E-state index contributed by atoms with van der Waals surface area (Å²) in [7, 11) is 0. The van der Waals surface area contributed by atoms with Gasteiger partial charge in [-0.05, 0) is 25.0 Å². The third-order valence-corrected chi connectivity index (χ3v) is 4.12. The maximum absolute atomic E-state index is 13.0. The van der Waals surface area contributed by atoms with Gasteiger partial charge in [0, 0.05) is 23.6 Å². The van der Waals surface area contributed by atoms with E-state index < -0.39 is 30.1 Å². The van der Waals surface area contributed by atoms with Crippen LogP contribution in [0.2, 0.25) is 0 Å². The monoisotopic (exact) mass is 360 g/mol. The molecule has 1 aromatic rings. The second-order valence-electron chi connectivity index (χ2n) is 6.20. The minimum Gasteiger partial charge on any atom is -0.394 e. The number of nitrogens with zero attached hydrogens (tertiary/aromatic N) is 1. The molecule has 2 N–H and O–H groups in total. The summed E-state index contributed by atoms with van der Waals surface area (Å²) >= 11 is 0. The van der Waals surface area contributed by atoms with Gasteiger partial charge in [-0.15, -0.1) is 0 Å². The van der Waals surface area contributed by atoms with Gasteiger partial charge in [0.1, 0.15) is 5.69 Å². The van der Waals surface area contributed by atoms with Gasteiger partial charge in [0.2, 0.25) is 0 Å². The minimum atomic E-state index is -4.62. The number of carbonyl (C=O) groups is 1. The zero-order valence-electron chi connectivity index (χ0n) is 13.4. The molecule has 0 bridgehead atoms. The fourth-order valence-corrected chi connectivity index (χ4v) is 2.64. The second kappa shape index (κ2) is 7.27. The van der Waals surface area contributed by atoms with Gasteiger partial charge in [-0.25, -0.2) is 4.98 Å². The number of rotatable bonds is 6. The molecule has 1 saturated carbocycles. The number of aliphatic hydroxyl groups excluding tert-OH is 1. The van der Waals surface area contributed by atoms with Crippen molar-refractivity contribution >= 4 is 5.91 Å². The molecule has 1 aromatic heterocycles. The summed E-state index contributed by atoms with van der Waals surface area (Å²) in [6.07, 6.45) is -3.41. The van der Waals surface area contributed by atoms with E-state index in [4.69, 9.17) is 9.47 Å². The predicted molar refractivity (Wildman–Crippen MR) is 79.9 cm³/mol. The van der Waals surface area contributed by atoms with Crippen molar-refractivity contribution in [2.45, 2.75) is 43.7 Å². The maximum atomic E-state index is 13.0. The van der Waals surface area contributed by atoms with Crippen LogP contribution in [0.5, 0.6) is 0 Å². The van der Waals surface area contributed by atoms with Gasteiger partial charge in [0.15, 0.2) is 6.29 Å². The topological polar surface area (TPSA) is 80.7 Å². The van der Waals surface area contributed by atoms with Crippen LogP contribution in [0.4, 0.5) is 13.2 Å². The molecule has 2 heterocycles. The van der Waals surface area contributed by atoms with Crippen LogP contribution in [-0.2, 0) is 15.7 Å². The van der Waals surface area contributed by atoms with E-state index in [0.29, 0.717) is 13.2 Å². The number of nitrogens with one attached hydrogen (secondary N) is 1. The lowest BCUT2D eigenvalue weighted by Crippen LogP contribution is -2.40. The first-order valence-electron chi connectivity index (χ1n) is 8.11. The van der Waals surface area contributed by atoms with Crippen LogP contribution in [0.15, 0.2) is 12.1 Å². The Morgan fingerprint density at radius 1 is 1.32 bits per heavy atom. The fourth-order valence-electron chi connectivity index (χ4n) is 2.64. The largest absolute Gasteiger partial charge is 0.433 e. The molecule has 0 aromatic carbocycles. The molecule has 1 saturated heterocycles. The summed E-state index contributed by atoms with van der Waals surface area (Å²) in [4.78, 5) is 16.0. The van der Waals surface area contributed by atoms with Crippen LogP contribution in [-0.4, -0.2) is 48.2 Å². The van der Waals surface area contributed by atoms with Crippen molar-refractivity contribution in [3.63, 3.8) is 0 Å². The highest BCUT2D eigenvalue weighted by Crippen LogP contribution is 2.40. The molecular weight excluding hydrogens is 341 g/mol. The maximum Gasteiger partial charge on any atom is 0.433 e.